The molecule has 1 aliphatic rings. The molecule has 0 aliphatic carbocycles. The van der Waals surface area contributed by atoms with Crippen molar-refractivity contribution < 1.29 is 14.3 Å². The summed E-state index contributed by atoms with van der Waals surface area (Å²) < 4.78 is 4.99. The molecule has 1 aromatic rings. The summed E-state index contributed by atoms with van der Waals surface area (Å²) >= 11 is 0. The van der Waals surface area contributed by atoms with Crippen molar-refractivity contribution >= 4 is 24.2 Å². The van der Waals surface area contributed by atoms with Crippen LogP contribution in [-0.4, -0.2) is 30.9 Å². The predicted molar refractivity (Wildman–Crippen MR) is 70.0 cm³/mol. The average Bonchev–Trinajstić information content (AvgIpc) is 2.90. The summed E-state index contributed by atoms with van der Waals surface area (Å²) in [5.41, 5.74) is 0.569. The summed E-state index contributed by atoms with van der Waals surface area (Å²) in [7, 11) is 0. The molecule has 1 atom stereocenters. The van der Waals surface area contributed by atoms with Gasteiger partial charge in [-0.05, 0) is 19.4 Å². The summed E-state index contributed by atoms with van der Waals surface area (Å²) in [5.74, 6) is -0.497. The fourth-order valence-electron chi connectivity index (χ4n) is 1.83. The van der Waals surface area contributed by atoms with Gasteiger partial charge in [0.25, 0.3) is 0 Å². The van der Waals surface area contributed by atoms with Gasteiger partial charge in [-0.3, -0.25) is 9.59 Å². The van der Waals surface area contributed by atoms with Crippen LogP contribution in [0.2, 0.25) is 0 Å². The van der Waals surface area contributed by atoms with Gasteiger partial charge in [0.15, 0.2) is 12.4 Å². The lowest BCUT2D eigenvalue weighted by molar-refractivity contribution is -0.144. The number of esters is 1. The molecule has 5 heteroatoms. The molecule has 1 heterocycles. The van der Waals surface area contributed by atoms with Crippen LogP contribution in [-0.2, 0) is 9.53 Å². The largest absolute Gasteiger partial charge is 0.456 e. The van der Waals surface area contributed by atoms with E-state index in [0.717, 1.165) is 19.4 Å². The summed E-state index contributed by atoms with van der Waals surface area (Å²) in [6, 6.07) is 8.60. The molecule has 0 aromatic heterocycles. The van der Waals surface area contributed by atoms with Crippen LogP contribution >= 0.6 is 12.4 Å². The van der Waals surface area contributed by atoms with Crippen molar-refractivity contribution in [2.75, 3.05) is 13.2 Å². The van der Waals surface area contributed by atoms with Gasteiger partial charge in [-0.25, -0.2) is 0 Å². The first kappa shape index (κ1) is 14.7. The number of rotatable bonds is 4. The maximum absolute atomic E-state index is 11.7. The number of Topliss-reactive ketones (excluding diaryl/α,β-unsaturated/α-hetero) is 1. The van der Waals surface area contributed by atoms with E-state index in [1.165, 1.54) is 0 Å². The summed E-state index contributed by atoms with van der Waals surface area (Å²) in [6.45, 7) is 0.660. The fourth-order valence-corrected chi connectivity index (χ4v) is 1.83. The summed E-state index contributed by atoms with van der Waals surface area (Å²) in [5, 5.41) is 3.03. The highest BCUT2D eigenvalue weighted by molar-refractivity contribution is 5.98. The van der Waals surface area contributed by atoms with Crippen LogP contribution in [0.3, 0.4) is 0 Å². The third-order valence-electron chi connectivity index (χ3n) is 2.79. The molecule has 1 fully saturated rings. The molecule has 1 saturated heterocycles. The number of halogens is 1. The molecule has 0 saturated carbocycles. The van der Waals surface area contributed by atoms with E-state index in [1.54, 1.807) is 24.3 Å². The first-order valence-electron chi connectivity index (χ1n) is 5.75. The highest BCUT2D eigenvalue weighted by Gasteiger charge is 2.23. The van der Waals surface area contributed by atoms with Gasteiger partial charge in [-0.1, -0.05) is 30.3 Å². The molecular formula is C13H16ClNO3. The van der Waals surface area contributed by atoms with Crippen molar-refractivity contribution in [2.24, 2.45) is 0 Å². The quantitative estimate of drug-likeness (QED) is 0.666. The number of ketones is 1. The lowest BCUT2D eigenvalue weighted by atomic mass is 10.1. The summed E-state index contributed by atoms with van der Waals surface area (Å²) in [4.78, 5) is 23.2. The zero-order valence-corrected chi connectivity index (χ0v) is 10.7. The lowest BCUT2D eigenvalue weighted by Crippen LogP contribution is -2.33. The Kier molecular flexibility index (Phi) is 5.82. The highest BCUT2D eigenvalue weighted by Crippen LogP contribution is 2.07. The van der Waals surface area contributed by atoms with Crippen LogP contribution in [0, 0.1) is 0 Å². The second-order valence-corrected chi connectivity index (χ2v) is 4.05. The standard InChI is InChI=1S/C13H15NO3.ClH/c15-12(10-5-2-1-3-6-10)9-17-13(16)11-7-4-8-14-11;/h1-3,5-6,11,14H,4,7-9H2;1H/t11-;/m0./s1. The normalized spacial score (nSPS) is 17.9. The van der Waals surface area contributed by atoms with E-state index in [9.17, 15) is 9.59 Å². The van der Waals surface area contributed by atoms with E-state index in [1.807, 2.05) is 6.07 Å². The van der Waals surface area contributed by atoms with E-state index in [0.29, 0.717) is 5.56 Å². The van der Waals surface area contributed by atoms with E-state index < -0.39 is 0 Å². The molecule has 98 valence electrons. The third-order valence-corrected chi connectivity index (χ3v) is 2.79. The Balaban J connectivity index is 0.00000162. The molecule has 0 unspecified atom stereocenters. The molecule has 18 heavy (non-hydrogen) atoms. The fraction of sp³-hybridized carbons (Fsp3) is 0.385. The molecule has 1 aromatic carbocycles. The Labute approximate surface area is 112 Å². The Hall–Kier alpha value is -1.39. The first-order chi connectivity index (χ1) is 8.27. The van der Waals surface area contributed by atoms with Crippen molar-refractivity contribution in [3.05, 3.63) is 35.9 Å². The Bertz CT molecular complexity index is 402. The monoisotopic (exact) mass is 269 g/mol. The number of benzene rings is 1. The SMILES string of the molecule is Cl.O=C(COC(=O)[C@@H]1CCCN1)c1ccccc1. The lowest BCUT2D eigenvalue weighted by Gasteiger charge is -2.09. The van der Waals surface area contributed by atoms with Crippen LogP contribution < -0.4 is 5.32 Å². The van der Waals surface area contributed by atoms with Crippen LogP contribution in [0.4, 0.5) is 0 Å². The number of carbonyl (C=O) groups is 2. The number of carbonyl (C=O) groups excluding carboxylic acids is 2. The van der Waals surface area contributed by atoms with Crippen LogP contribution in [0.15, 0.2) is 30.3 Å². The van der Waals surface area contributed by atoms with Crippen LogP contribution in [0.1, 0.15) is 23.2 Å². The molecular weight excluding hydrogens is 254 g/mol. The smallest absolute Gasteiger partial charge is 0.323 e. The molecule has 0 radical (unpaired) electrons. The Morgan fingerprint density at radius 1 is 1.28 bits per heavy atom. The predicted octanol–water partition coefficient (Wildman–Crippen LogP) is 1.59. The van der Waals surface area contributed by atoms with Gasteiger partial charge in [0, 0.05) is 5.56 Å². The molecule has 0 amide bonds. The van der Waals surface area contributed by atoms with Gasteiger partial charge in [-0.2, -0.15) is 0 Å². The maximum Gasteiger partial charge on any atom is 0.323 e. The van der Waals surface area contributed by atoms with Gasteiger partial charge in [0.1, 0.15) is 6.04 Å². The van der Waals surface area contributed by atoms with E-state index >= 15 is 0 Å². The second kappa shape index (κ2) is 7.13. The van der Waals surface area contributed by atoms with Crippen molar-refractivity contribution in [1.82, 2.24) is 5.32 Å². The molecule has 2 rings (SSSR count). The molecule has 0 bridgehead atoms. The zero-order chi connectivity index (χ0) is 12.1. The van der Waals surface area contributed by atoms with Gasteiger partial charge in [0.05, 0.1) is 0 Å². The molecule has 0 spiro atoms. The minimum atomic E-state index is -0.327. The minimum absolute atomic E-state index is 0. The third kappa shape index (κ3) is 3.82. The maximum atomic E-state index is 11.7. The van der Waals surface area contributed by atoms with Crippen molar-refractivity contribution in [2.45, 2.75) is 18.9 Å². The van der Waals surface area contributed by atoms with Gasteiger partial charge in [-0.15, -0.1) is 12.4 Å². The summed E-state index contributed by atoms with van der Waals surface area (Å²) in [6.07, 6.45) is 1.77. The van der Waals surface area contributed by atoms with Gasteiger partial charge in [0.2, 0.25) is 0 Å². The van der Waals surface area contributed by atoms with Crippen molar-refractivity contribution in [1.29, 1.82) is 0 Å². The molecule has 4 nitrogen and oxygen atoms in total. The first-order valence-corrected chi connectivity index (χ1v) is 5.75. The molecule has 1 N–H and O–H groups in total. The Morgan fingerprint density at radius 2 is 2.00 bits per heavy atom. The Morgan fingerprint density at radius 3 is 2.61 bits per heavy atom. The van der Waals surface area contributed by atoms with Crippen molar-refractivity contribution in [3.63, 3.8) is 0 Å². The zero-order valence-electron chi connectivity index (χ0n) is 9.93. The van der Waals surface area contributed by atoms with E-state index in [-0.39, 0.29) is 36.8 Å². The van der Waals surface area contributed by atoms with Crippen LogP contribution in [0.5, 0.6) is 0 Å². The second-order valence-electron chi connectivity index (χ2n) is 4.05. The van der Waals surface area contributed by atoms with Gasteiger partial charge >= 0.3 is 5.97 Å². The topological polar surface area (TPSA) is 55.4 Å². The van der Waals surface area contributed by atoms with Gasteiger partial charge < -0.3 is 10.1 Å². The minimum Gasteiger partial charge on any atom is -0.456 e. The number of hydrogen-bond acceptors (Lipinski definition) is 4. The number of nitrogens with one attached hydrogen (secondary N) is 1. The van der Waals surface area contributed by atoms with Crippen LogP contribution in [0.25, 0.3) is 0 Å². The highest BCUT2D eigenvalue weighted by atomic mass is 35.5. The van der Waals surface area contributed by atoms with Crippen molar-refractivity contribution in [3.8, 4) is 0 Å². The number of ether oxygens (including phenoxy) is 1. The van der Waals surface area contributed by atoms with E-state index in [4.69, 9.17) is 4.74 Å². The van der Waals surface area contributed by atoms with E-state index in [2.05, 4.69) is 5.32 Å². The average molecular weight is 270 g/mol. The molecule has 1 aliphatic heterocycles. The number of hydrogen-bond donors (Lipinski definition) is 1.